The Labute approximate surface area is 205 Å². The van der Waals surface area contributed by atoms with E-state index in [1.165, 1.54) is 21.8 Å². The van der Waals surface area contributed by atoms with Crippen molar-refractivity contribution in [1.82, 2.24) is 4.57 Å². The Hall–Kier alpha value is -4.04. The molecule has 1 heterocycles. The van der Waals surface area contributed by atoms with Crippen molar-refractivity contribution in [3.05, 3.63) is 141 Å². The summed E-state index contributed by atoms with van der Waals surface area (Å²) in [4.78, 5) is 2.22. The molecule has 0 saturated heterocycles. The average molecular weight is 449 g/mol. The van der Waals surface area contributed by atoms with E-state index in [9.17, 15) is 0 Å². The molecule has 0 fully saturated rings. The quantitative estimate of drug-likeness (QED) is 0.297. The van der Waals surface area contributed by atoms with Gasteiger partial charge in [0.1, 0.15) is 0 Å². The Morgan fingerprint density at radius 1 is 0.824 bits per heavy atom. The van der Waals surface area contributed by atoms with E-state index in [1.54, 1.807) is 12.2 Å². The van der Waals surface area contributed by atoms with Crippen molar-refractivity contribution < 1.29 is 0 Å². The molecule has 174 valence electrons. The zero-order chi connectivity index (χ0) is 24.8. The van der Waals surface area contributed by atoms with Crippen LogP contribution in [0.5, 0.6) is 0 Å². The Morgan fingerprint density at radius 3 is 2.21 bits per heavy atom. The maximum atomic E-state index is 4.30. The third-order valence-electron chi connectivity index (χ3n) is 5.26. The number of hydrogen-bond acceptors (Lipinski definition) is 1. The number of fused-ring (bicyclic) bond motifs is 3. The van der Waals surface area contributed by atoms with Gasteiger partial charge in [-0.1, -0.05) is 105 Å². The van der Waals surface area contributed by atoms with E-state index in [0.717, 1.165) is 17.9 Å². The molecule has 0 atom stereocenters. The number of rotatable bonds is 9. The SMILES string of the molecule is C=C/C=C\C.C=C/C=C\C=C/CN(C(=C)/C=C\C=C/C)c1ccc2c(c1)c1ccccc1n2C. The second-order valence-corrected chi connectivity index (χ2v) is 7.57. The van der Waals surface area contributed by atoms with Gasteiger partial charge in [0.25, 0.3) is 0 Å². The van der Waals surface area contributed by atoms with E-state index in [1.807, 2.05) is 68.5 Å². The van der Waals surface area contributed by atoms with Gasteiger partial charge in [-0.25, -0.2) is 0 Å². The van der Waals surface area contributed by atoms with E-state index in [2.05, 4.69) is 84.8 Å². The number of nitrogens with zero attached hydrogens (tertiary/aromatic N) is 2. The van der Waals surface area contributed by atoms with Gasteiger partial charge in [0.15, 0.2) is 0 Å². The highest BCUT2D eigenvalue weighted by Crippen LogP contribution is 2.32. The van der Waals surface area contributed by atoms with Gasteiger partial charge in [0.2, 0.25) is 0 Å². The van der Waals surface area contributed by atoms with Crippen LogP contribution in [0.1, 0.15) is 13.8 Å². The van der Waals surface area contributed by atoms with Gasteiger partial charge in [-0.2, -0.15) is 0 Å². The maximum absolute atomic E-state index is 4.30. The lowest BCUT2D eigenvalue weighted by Gasteiger charge is -2.24. The fraction of sp³-hybridized carbons (Fsp3) is 0.125. The van der Waals surface area contributed by atoms with Gasteiger partial charge < -0.3 is 9.47 Å². The van der Waals surface area contributed by atoms with E-state index < -0.39 is 0 Å². The maximum Gasteiger partial charge on any atom is 0.0490 e. The minimum atomic E-state index is 0.733. The molecule has 0 spiro atoms. The lowest BCUT2D eigenvalue weighted by molar-refractivity contribution is 1.01. The predicted molar refractivity (Wildman–Crippen MR) is 154 cm³/mol. The summed E-state index contributed by atoms with van der Waals surface area (Å²) in [6.45, 7) is 16.2. The largest absolute Gasteiger partial charge is 0.344 e. The molecule has 3 aromatic rings. The molecular weight excluding hydrogens is 412 g/mol. The van der Waals surface area contributed by atoms with Crippen LogP contribution in [0, 0.1) is 0 Å². The summed E-state index contributed by atoms with van der Waals surface area (Å²) in [6.07, 6.45) is 23.5. The Bertz CT molecular complexity index is 1260. The number of allylic oxidation sites excluding steroid dienone is 11. The van der Waals surface area contributed by atoms with Crippen molar-refractivity contribution in [2.75, 3.05) is 11.4 Å². The molecule has 0 aliphatic rings. The van der Waals surface area contributed by atoms with Crippen molar-refractivity contribution >= 4 is 27.5 Å². The van der Waals surface area contributed by atoms with Gasteiger partial charge in [-0.15, -0.1) is 0 Å². The molecule has 2 heteroatoms. The number of para-hydroxylation sites is 1. The van der Waals surface area contributed by atoms with E-state index in [0.29, 0.717) is 0 Å². The number of anilines is 1. The number of aryl methyl sites for hydroxylation is 1. The van der Waals surface area contributed by atoms with Crippen LogP contribution in [-0.4, -0.2) is 11.1 Å². The zero-order valence-electron chi connectivity index (χ0n) is 20.7. The second-order valence-electron chi connectivity index (χ2n) is 7.57. The van der Waals surface area contributed by atoms with Crippen molar-refractivity contribution in [2.45, 2.75) is 13.8 Å². The number of benzene rings is 2. The molecule has 34 heavy (non-hydrogen) atoms. The van der Waals surface area contributed by atoms with Gasteiger partial charge in [-0.05, 0) is 44.2 Å². The van der Waals surface area contributed by atoms with Crippen LogP contribution in [0.25, 0.3) is 21.8 Å². The third-order valence-corrected chi connectivity index (χ3v) is 5.26. The van der Waals surface area contributed by atoms with Crippen LogP contribution >= 0.6 is 0 Å². The van der Waals surface area contributed by atoms with Crippen LogP contribution in [0.3, 0.4) is 0 Å². The summed E-state index contributed by atoms with van der Waals surface area (Å²) in [5.41, 5.74) is 4.54. The molecule has 1 aromatic heterocycles. The number of aromatic nitrogens is 1. The Morgan fingerprint density at radius 2 is 1.53 bits per heavy atom. The first kappa shape index (κ1) is 26.2. The van der Waals surface area contributed by atoms with Crippen molar-refractivity contribution in [1.29, 1.82) is 0 Å². The van der Waals surface area contributed by atoms with E-state index >= 15 is 0 Å². The van der Waals surface area contributed by atoms with Gasteiger partial charge in [0, 0.05) is 46.8 Å². The van der Waals surface area contributed by atoms with Crippen molar-refractivity contribution in [3.63, 3.8) is 0 Å². The predicted octanol–water partition coefficient (Wildman–Crippen LogP) is 8.83. The first-order valence-electron chi connectivity index (χ1n) is 11.5. The fourth-order valence-electron chi connectivity index (χ4n) is 3.60. The van der Waals surface area contributed by atoms with Crippen molar-refractivity contribution in [3.8, 4) is 0 Å². The summed E-state index contributed by atoms with van der Waals surface area (Å²) in [5.74, 6) is 0. The molecule has 0 bridgehead atoms. The molecule has 2 aromatic carbocycles. The summed E-state index contributed by atoms with van der Waals surface area (Å²) in [5, 5.41) is 2.53. The van der Waals surface area contributed by atoms with E-state index in [4.69, 9.17) is 0 Å². The van der Waals surface area contributed by atoms with Gasteiger partial charge in [0.05, 0.1) is 0 Å². The fourth-order valence-corrected chi connectivity index (χ4v) is 3.60. The molecule has 2 nitrogen and oxygen atoms in total. The number of hydrogen-bond donors (Lipinski definition) is 0. The average Bonchev–Trinajstić information content (AvgIpc) is 3.14. The smallest absolute Gasteiger partial charge is 0.0490 e. The molecule has 0 saturated carbocycles. The van der Waals surface area contributed by atoms with E-state index in [-0.39, 0.29) is 0 Å². The standard InChI is InChI=1S/C27H28N2.C5H8/c1-5-7-9-10-14-20-29(22(3)15-11-8-6-2)23-18-19-27-25(21-23)24-16-12-13-17-26(24)28(27)4;1-3-5-4-2/h5-19,21H,1,3,20H2,2,4H3;3-5H,1H2,2H3/b8-6-,9-7-,14-10-,15-11-;5-4-. The van der Waals surface area contributed by atoms with Crippen LogP contribution < -0.4 is 4.90 Å². The highest BCUT2D eigenvalue weighted by atomic mass is 15.1. The van der Waals surface area contributed by atoms with Crippen LogP contribution in [-0.2, 0) is 7.05 Å². The molecule has 3 rings (SSSR count). The third kappa shape index (κ3) is 6.98. The lowest BCUT2D eigenvalue weighted by atomic mass is 10.1. The first-order chi connectivity index (χ1) is 16.6. The lowest BCUT2D eigenvalue weighted by Crippen LogP contribution is -2.20. The first-order valence-corrected chi connectivity index (χ1v) is 11.5. The topological polar surface area (TPSA) is 8.17 Å². The summed E-state index contributed by atoms with van der Waals surface area (Å²) >= 11 is 0. The highest BCUT2D eigenvalue weighted by Gasteiger charge is 2.12. The second kappa shape index (κ2) is 14.2. The molecule has 0 N–H and O–H groups in total. The van der Waals surface area contributed by atoms with Gasteiger partial charge in [-0.3, -0.25) is 0 Å². The normalized spacial score (nSPS) is 11.9. The molecule has 0 amide bonds. The monoisotopic (exact) mass is 448 g/mol. The highest BCUT2D eigenvalue weighted by molar-refractivity contribution is 6.09. The minimum absolute atomic E-state index is 0.733. The minimum Gasteiger partial charge on any atom is -0.344 e. The molecule has 0 aliphatic carbocycles. The molecule has 0 radical (unpaired) electrons. The molecule has 0 unspecified atom stereocenters. The van der Waals surface area contributed by atoms with Crippen LogP contribution in [0.2, 0.25) is 0 Å². The summed E-state index contributed by atoms with van der Waals surface area (Å²) < 4.78 is 2.25. The van der Waals surface area contributed by atoms with Gasteiger partial charge >= 0.3 is 0 Å². The van der Waals surface area contributed by atoms with Crippen molar-refractivity contribution in [2.24, 2.45) is 7.05 Å². The molecular formula is C32H36N2. The Kier molecular flexibility index (Phi) is 10.9. The Balaban J connectivity index is 0.000000739. The summed E-state index contributed by atoms with van der Waals surface area (Å²) in [7, 11) is 2.12. The van der Waals surface area contributed by atoms with Crippen LogP contribution in [0.4, 0.5) is 5.69 Å². The molecule has 0 aliphatic heterocycles. The van der Waals surface area contributed by atoms with Crippen LogP contribution in [0.15, 0.2) is 141 Å². The summed E-state index contributed by atoms with van der Waals surface area (Å²) in [6, 6.07) is 15.2. The zero-order valence-corrected chi connectivity index (χ0v) is 20.7.